The molecule has 7 nitrogen and oxygen atoms in total. The van der Waals surface area contributed by atoms with Crippen molar-refractivity contribution in [1.29, 1.82) is 0 Å². The zero-order chi connectivity index (χ0) is 18.1. The normalized spacial score (nSPS) is 25.0. The highest BCUT2D eigenvalue weighted by molar-refractivity contribution is 5.96. The van der Waals surface area contributed by atoms with Gasteiger partial charge in [-0.05, 0) is 36.5 Å². The number of aromatic hydroxyl groups is 1. The molecular formula is C17H21N2O5-. The molecule has 0 saturated heterocycles. The number of hydrogen-bond acceptors (Lipinski definition) is 5. The van der Waals surface area contributed by atoms with E-state index in [1.165, 1.54) is 24.3 Å². The van der Waals surface area contributed by atoms with E-state index in [0.29, 0.717) is 12.8 Å². The van der Waals surface area contributed by atoms with Gasteiger partial charge in [0.25, 0.3) is 5.91 Å². The molecule has 2 amide bonds. The Morgan fingerprint density at radius 3 is 2.42 bits per heavy atom. The average Bonchev–Trinajstić information content (AvgIpc) is 2.76. The smallest absolute Gasteiger partial charge is 0.269 e. The van der Waals surface area contributed by atoms with Crippen LogP contribution in [0.5, 0.6) is 5.75 Å². The van der Waals surface area contributed by atoms with Crippen LogP contribution in [0.2, 0.25) is 0 Å². The summed E-state index contributed by atoms with van der Waals surface area (Å²) in [6.07, 6.45) is 0.728. The first-order valence-corrected chi connectivity index (χ1v) is 7.70. The molecule has 0 unspecified atom stereocenters. The van der Waals surface area contributed by atoms with Crippen LogP contribution in [0.1, 0.15) is 44.0 Å². The third-order valence-corrected chi connectivity index (χ3v) is 5.40. The minimum atomic E-state index is -1.17. The van der Waals surface area contributed by atoms with E-state index in [-0.39, 0.29) is 11.3 Å². The van der Waals surface area contributed by atoms with Gasteiger partial charge in [0.15, 0.2) is 0 Å². The topological polar surface area (TPSA) is 119 Å². The lowest BCUT2D eigenvalue weighted by Crippen LogP contribution is -2.52. The van der Waals surface area contributed by atoms with E-state index < -0.39 is 34.5 Å². The number of carbonyl (C=O) groups is 3. The maximum atomic E-state index is 12.4. The van der Waals surface area contributed by atoms with E-state index in [4.69, 9.17) is 0 Å². The van der Waals surface area contributed by atoms with Gasteiger partial charge in [-0.3, -0.25) is 20.4 Å². The molecule has 7 heteroatoms. The second-order valence-electron chi connectivity index (χ2n) is 6.93. The third-order valence-electron chi connectivity index (χ3n) is 5.40. The Kier molecular flexibility index (Phi) is 4.55. The van der Waals surface area contributed by atoms with E-state index in [1.807, 2.05) is 0 Å². The summed E-state index contributed by atoms with van der Waals surface area (Å²) in [6, 6.07) is 5.71. The first kappa shape index (κ1) is 17.8. The van der Waals surface area contributed by atoms with E-state index in [2.05, 4.69) is 10.9 Å². The van der Waals surface area contributed by atoms with E-state index >= 15 is 0 Å². The SMILES string of the molecule is CC1(C)[C@@H](C(=O)NNC(=O)c2cccc(O)c2)CC[C@@]1(C)C(=O)[O-]. The lowest BCUT2D eigenvalue weighted by molar-refractivity contribution is -0.323. The largest absolute Gasteiger partial charge is 0.550 e. The first-order valence-electron chi connectivity index (χ1n) is 7.70. The van der Waals surface area contributed by atoms with Gasteiger partial charge in [0.05, 0.1) is 0 Å². The highest BCUT2D eigenvalue weighted by atomic mass is 16.4. The maximum absolute atomic E-state index is 12.4. The Labute approximate surface area is 140 Å². The zero-order valence-corrected chi connectivity index (χ0v) is 13.9. The summed E-state index contributed by atoms with van der Waals surface area (Å²) in [5, 5.41) is 20.8. The number of benzene rings is 1. The summed E-state index contributed by atoms with van der Waals surface area (Å²) < 4.78 is 0. The van der Waals surface area contributed by atoms with Crippen LogP contribution in [0.25, 0.3) is 0 Å². The van der Waals surface area contributed by atoms with Gasteiger partial charge in [0.1, 0.15) is 5.75 Å². The third kappa shape index (κ3) is 2.93. The molecule has 0 bridgehead atoms. The monoisotopic (exact) mass is 333 g/mol. The number of carboxylic acid groups (broad SMARTS) is 1. The predicted molar refractivity (Wildman–Crippen MR) is 83.3 cm³/mol. The second kappa shape index (κ2) is 6.14. The van der Waals surface area contributed by atoms with Crippen molar-refractivity contribution in [2.24, 2.45) is 16.7 Å². The molecule has 0 spiro atoms. The molecular weight excluding hydrogens is 312 g/mol. The summed E-state index contributed by atoms with van der Waals surface area (Å²) in [7, 11) is 0. The molecule has 2 atom stereocenters. The summed E-state index contributed by atoms with van der Waals surface area (Å²) in [4.78, 5) is 35.8. The molecule has 130 valence electrons. The number of nitrogens with one attached hydrogen (secondary N) is 2. The van der Waals surface area contributed by atoms with Gasteiger partial charge in [0, 0.05) is 22.9 Å². The van der Waals surface area contributed by atoms with Crippen molar-refractivity contribution >= 4 is 17.8 Å². The van der Waals surface area contributed by atoms with Crippen molar-refractivity contribution < 1.29 is 24.6 Å². The molecule has 1 aromatic carbocycles. The van der Waals surface area contributed by atoms with Crippen LogP contribution in [-0.4, -0.2) is 22.9 Å². The maximum Gasteiger partial charge on any atom is 0.269 e. The van der Waals surface area contributed by atoms with Crippen molar-refractivity contribution in [2.45, 2.75) is 33.6 Å². The molecule has 1 aliphatic carbocycles. The molecule has 1 fully saturated rings. The number of phenols is 1. The fourth-order valence-electron chi connectivity index (χ4n) is 3.25. The Bertz CT molecular complexity index is 685. The number of aliphatic carboxylic acids is 1. The van der Waals surface area contributed by atoms with Crippen LogP contribution in [0.4, 0.5) is 0 Å². The first-order chi connectivity index (χ1) is 11.1. The fourth-order valence-corrected chi connectivity index (χ4v) is 3.25. The quantitative estimate of drug-likeness (QED) is 0.690. The molecule has 0 heterocycles. The molecule has 1 saturated carbocycles. The number of carboxylic acids is 1. The minimum absolute atomic E-state index is 0.0596. The zero-order valence-electron chi connectivity index (χ0n) is 13.9. The van der Waals surface area contributed by atoms with Gasteiger partial charge in [-0.15, -0.1) is 0 Å². The van der Waals surface area contributed by atoms with E-state index in [9.17, 15) is 24.6 Å². The van der Waals surface area contributed by atoms with Gasteiger partial charge < -0.3 is 15.0 Å². The van der Waals surface area contributed by atoms with Gasteiger partial charge in [0.2, 0.25) is 5.91 Å². The molecule has 2 rings (SSSR count). The summed E-state index contributed by atoms with van der Waals surface area (Å²) in [5.74, 6) is -2.82. The molecule has 0 aromatic heterocycles. The second-order valence-corrected chi connectivity index (χ2v) is 6.93. The van der Waals surface area contributed by atoms with Crippen LogP contribution in [0, 0.1) is 16.7 Å². The Morgan fingerprint density at radius 1 is 1.21 bits per heavy atom. The number of hydrazine groups is 1. The summed E-state index contributed by atoms with van der Waals surface area (Å²) >= 11 is 0. The Morgan fingerprint density at radius 2 is 1.88 bits per heavy atom. The van der Waals surface area contributed by atoms with Crippen molar-refractivity contribution in [2.75, 3.05) is 0 Å². The van der Waals surface area contributed by atoms with Crippen molar-refractivity contribution in [1.82, 2.24) is 10.9 Å². The van der Waals surface area contributed by atoms with Gasteiger partial charge in [-0.1, -0.05) is 26.8 Å². The summed E-state index contributed by atoms with van der Waals surface area (Å²) in [5.41, 5.74) is 2.90. The average molecular weight is 333 g/mol. The fraction of sp³-hybridized carbons (Fsp3) is 0.471. The van der Waals surface area contributed by atoms with Crippen LogP contribution >= 0.6 is 0 Å². The lowest BCUT2D eigenvalue weighted by Gasteiger charge is -2.41. The Balaban J connectivity index is 2.03. The number of carbonyl (C=O) groups excluding carboxylic acids is 3. The van der Waals surface area contributed by atoms with E-state index in [0.717, 1.165) is 0 Å². The highest BCUT2D eigenvalue weighted by Gasteiger charge is 2.54. The minimum Gasteiger partial charge on any atom is -0.550 e. The van der Waals surface area contributed by atoms with Crippen molar-refractivity contribution in [3.63, 3.8) is 0 Å². The molecule has 0 aliphatic heterocycles. The number of rotatable bonds is 3. The summed E-state index contributed by atoms with van der Waals surface area (Å²) in [6.45, 7) is 5.02. The number of hydrogen-bond donors (Lipinski definition) is 3. The molecule has 0 radical (unpaired) electrons. The van der Waals surface area contributed by atoms with Gasteiger partial charge in [-0.25, -0.2) is 0 Å². The molecule has 1 aliphatic rings. The molecule has 24 heavy (non-hydrogen) atoms. The lowest BCUT2D eigenvalue weighted by atomic mass is 9.65. The number of phenolic OH excluding ortho intramolecular Hbond substituents is 1. The van der Waals surface area contributed by atoms with Crippen LogP contribution in [0.15, 0.2) is 24.3 Å². The molecule has 3 N–H and O–H groups in total. The van der Waals surface area contributed by atoms with Crippen molar-refractivity contribution in [3.05, 3.63) is 29.8 Å². The van der Waals surface area contributed by atoms with Crippen LogP contribution in [-0.2, 0) is 9.59 Å². The van der Waals surface area contributed by atoms with Crippen LogP contribution in [0.3, 0.4) is 0 Å². The van der Waals surface area contributed by atoms with Gasteiger partial charge >= 0.3 is 0 Å². The standard InChI is InChI=1S/C17H22N2O5/c1-16(2)12(7-8-17(16,3)15(23)24)14(22)19-18-13(21)10-5-4-6-11(20)9-10/h4-6,9,12,20H,7-8H2,1-3H3,(H,18,21)(H,19,22)(H,23,24)/p-1/t12-,17+/m1/s1. The van der Waals surface area contributed by atoms with Crippen LogP contribution < -0.4 is 16.0 Å². The predicted octanol–water partition coefficient (Wildman–Crippen LogP) is 0.346. The number of amides is 2. The molecule has 1 aromatic rings. The van der Waals surface area contributed by atoms with Crippen molar-refractivity contribution in [3.8, 4) is 5.75 Å². The van der Waals surface area contributed by atoms with Gasteiger partial charge in [-0.2, -0.15) is 0 Å². The van der Waals surface area contributed by atoms with E-state index in [1.54, 1.807) is 20.8 Å². The Hall–Kier alpha value is -2.57. The highest BCUT2D eigenvalue weighted by Crippen LogP contribution is 2.55.